The van der Waals surface area contributed by atoms with Gasteiger partial charge in [-0.3, -0.25) is 9.59 Å². The van der Waals surface area contributed by atoms with Crippen LogP contribution in [0, 0.1) is 5.92 Å². The Morgan fingerprint density at radius 1 is 1.03 bits per heavy atom. The summed E-state index contributed by atoms with van der Waals surface area (Å²) in [6, 6.07) is 14.5. The predicted octanol–water partition coefficient (Wildman–Crippen LogP) is 6.26. The number of halogens is 3. The number of nitrogens with one attached hydrogen (secondary N) is 2. The third-order valence-electron chi connectivity index (χ3n) is 5.62. The fourth-order valence-electron chi connectivity index (χ4n) is 3.48. The Bertz CT molecular complexity index is 1350. The summed E-state index contributed by atoms with van der Waals surface area (Å²) in [7, 11) is 3.07. The molecule has 0 saturated heterocycles. The molecule has 0 saturated carbocycles. The maximum Gasteiger partial charge on any atom is 0.262 e. The van der Waals surface area contributed by atoms with E-state index in [9.17, 15) is 9.59 Å². The van der Waals surface area contributed by atoms with E-state index in [1.807, 2.05) is 13.8 Å². The second-order valence-corrected chi connectivity index (χ2v) is 10.4. The maximum atomic E-state index is 12.8. The summed E-state index contributed by atoms with van der Waals surface area (Å²) in [6.07, 6.45) is 1.47. The van der Waals surface area contributed by atoms with Crippen LogP contribution < -0.4 is 25.0 Å². The molecule has 0 radical (unpaired) electrons. The summed E-state index contributed by atoms with van der Waals surface area (Å²) in [4.78, 5) is 25.5. The highest BCUT2D eigenvalue weighted by molar-refractivity contribution is 9.10. The molecule has 2 amide bonds. The zero-order chi connectivity index (χ0) is 28.5. The first-order valence-electron chi connectivity index (χ1n) is 11.8. The molecule has 39 heavy (non-hydrogen) atoms. The van der Waals surface area contributed by atoms with Crippen LogP contribution in [0.15, 0.2) is 64.2 Å². The van der Waals surface area contributed by atoms with Crippen molar-refractivity contribution >= 4 is 57.2 Å². The van der Waals surface area contributed by atoms with Gasteiger partial charge in [-0.1, -0.05) is 43.1 Å². The van der Waals surface area contributed by atoms with Crippen molar-refractivity contribution in [3.05, 3.63) is 85.8 Å². The van der Waals surface area contributed by atoms with E-state index in [2.05, 4.69) is 31.8 Å². The van der Waals surface area contributed by atoms with Crippen molar-refractivity contribution in [2.75, 3.05) is 14.2 Å². The van der Waals surface area contributed by atoms with Crippen LogP contribution in [0.2, 0.25) is 10.0 Å². The number of amides is 2. The number of hydrogen-bond acceptors (Lipinski definition) is 6. The number of carbonyl (C=O) groups excluding carboxylic acids is 2. The molecule has 0 fully saturated rings. The smallest absolute Gasteiger partial charge is 0.262 e. The monoisotopic (exact) mass is 635 g/mol. The van der Waals surface area contributed by atoms with E-state index < -0.39 is 11.9 Å². The van der Waals surface area contributed by atoms with Gasteiger partial charge in [-0.15, -0.1) is 0 Å². The zero-order valence-corrected chi connectivity index (χ0v) is 24.9. The maximum absolute atomic E-state index is 12.8. The lowest BCUT2D eigenvalue weighted by molar-refractivity contribution is -0.123. The van der Waals surface area contributed by atoms with Gasteiger partial charge in [0.25, 0.3) is 11.8 Å². The van der Waals surface area contributed by atoms with Gasteiger partial charge in [-0.05, 0) is 75.9 Å². The van der Waals surface area contributed by atoms with Crippen molar-refractivity contribution in [3.63, 3.8) is 0 Å². The van der Waals surface area contributed by atoms with Crippen molar-refractivity contribution in [1.29, 1.82) is 0 Å². The van der Waals surface area contributed by atoms with E-state index >= 15 is 0 Å². The molecule has 8 nitrogen and oxygen atoms in total. The largest absolute Gasteiger partial charge is 0.497 e. The van der Waals surface area contributed by atoms with Crippen molar-refractivity contribution in [2.45, 2.75) is 26.5 Å². The Morgan fingerprint density at radius 3 is 2.36 bits per heavy atom. The zero-order valence-electron chi connectivity index (χ0n) is 21.8. The van der Waals surface area contributed by atoms with E-state index in [-0.39, 0.29) is 18.4 Å². The minimum atomic E-state index is -0.798. The number of hydrazone groups is 1. The third-order valence-corrected chi connectivity index (χ3v) is 6.79. The molecule has 0 aliphatic rings. The Hall–Kier alpha value is -3.27. The van der Waals surface area contributed by atoms with Crippen LogP contribution >= 0.6 is 39.1 Å². The van der Waals surface area contributed by atoms with Gasteiger partial charge in [0.2, 0.25) is 0 Å². The third kappa shape index (κ3) is 8.36. The van der Waals surface area contributed by atoms with Gasteiger partial charge >= 0.3 is 0 Å². The molecule has 11 heteroatoms. The molecule has 2 N–H and O–H groups in total. The van der Waals surface area contributed by atoms with Crippen LogP contribution in [0.3, 0.4) is 0 Å². The molecular weight excluding hydrogens is 609 g/mol. The number of hydrogen-bond donors (Lipinski definition) is 2. The molecule has 0 bridgehead atoms. The summed E-state index contributed by atoms with van der Waals surface area (Å²) < 4.78 is 17.2. The fourth-order valence-corrected chi connectivity index (χ4v) is 4.52. The summed E-state index contributed by atoms with van der Waals surface area (Å²) in [5.74, 6) is 0.559. The van der Waals surface area contributed by atoms with Gasteiger partial charge in [0, 0.05) is 21.2 Å². The molecule has 0 spiro atoms. The van der Waals surface area contributed by atoms with E-state index in [4.69, 9.17) is 37.4 Å². The normalized spacial score (nSPS) is 11.8. The summed E-state index contributed by atoms with van der Waals surface area (Å²) in [5.41, 5.74) is 4.32. The Morgan fingerprint density at radius 2 is 1.74 bits per heavy atom. The summed E-state index contributed by atoms with van der Waals surface area (Å²) in [6.45, 7) is 3.87. The van der Waals surface area contributed by atoms with Crippen LogP contribution in [0.1, 0.15) is 35.3 Å². The second-order valence-electron chi connectivity index (χ2n) is 8.72. The van der Waals surface area contributed by atoms with Crippen LogP contribution in [-0.4, -0.2) is 38.3 Å². The number of nitrogens with zero attached hydrogens (tertiary/aromatic N) is 1. The predicted molar refractivity (Wildman–Crippen MR) is 156 cm³/mol. The molecular formula is C28H28BrCl2N3O5. The summed E-state index contributed by atoms with van der Waals surface area (Å²) in [5, 5.41) is 7.87. The van der Waals surface area contributed by atoms with Gasteiger partial charge in [0.05, 0.1) is 24.9 Å². The van der Waals surface area contributed by atoms with Crippen LogP contribution in [0.5, 0.6) is 17.2 Å². The molecule has 0 aliphatic carbocycles. The highest BCUT2D eigenvalue weighted by atomic mass is 79.9. The molecule has 3 aromatic carbocycles. The van der Waals surface area contributed by atoms with Gasteiger partial charge < -0.3 is 19.5 Å². The first kappa shape index (κ1) is 30.3. The van der Waals surface area contributed by atoms with Crippen molar-refractivity contribution < 1.29 is 23.8 Å². The van der Waals surface area contributed by atoms with E-state index in [0.29, 0.717) is 42.9 Å². The lowest BCUT2D eigenvalue weighted by Gasteiger charge is -2.20. The van der Waals surface area contributed by atoms with Gasteiger partial charge in [0.1, 0.15) is 18.4 Å². The van der Waals surface area contributed by atoms with Crippen molar-refractivity contribution in [3.8, 4) is 17.2 Å². The molecule has 206 valence electrons. The number of methoxy groups -OCH3 is 2. The molecule has 3 aromatic rings. The molecule has 3 rings (SSSR count). The number of rotatable bonds is 11. The van der Waals surface area contributed by atoms with Crippen molar-refractivity contribution in [1.82, 2.24) is 10.7 Å². The van der Waals surface area contributed by atoms with Crippen LogP contribution in [-0.2, 0) is 11.4 Å². The SMILES string of the molecule is COc1ccc(C(=O)NC(C(=O)N/N=C/c2cc(Br)c(OCc3ccc(Cl)cc3Cl)c(OC)c2)C(C)C)cc1. The Kier molecular flexibility index (Phi) is 11.0. The van der Waals surface area contributed by atoms with Gasteiger partial charge in [-0.2, -0.15) is 5.10 Å². The Labute approximate surface area is 245 Å². The van der Waals surface area contributed by atoms with Gasteiger partial charge in [-0.25, -0.2) is 5.43 Å². The topological polar surface area (TPSA) is 98.2 Å². The lowest BCUT2D eigenvalue weighted by atomic mass is 10.0. The average Bonchev–Trinajstić information content (AvgIpc) is 2.91. The molecule has 0 heterocycles. The summed E-state index contributed by atoms with van der Waals surface area (Å²) >= 11 is 15.7. The Balaban J connectivity index is 1.66. The second kappa shape index (κ2) is 14.2. The molecule has 0 aliphatic heterocycles. The van der Waals surface area contributed by atoms with E-state index in [1.54, 1.807) is 61.7 Å². The minimum absolute atomic E-state index is 0.179. The molecule has 1 atom stereocenters. The van der Waals surface area contributed by atoms with E-state index in [0.717, 1.165) is 5.56 Å². The van der Waals surface area contributed by atoms with Crippen molar-refractivity contribution in [2.24, 2.45) is 11.0 Å². The molecule has 1 unspecified atom stereocenters. The van der Waals surface area contributed by atoms with Crippen LogP contribution in [0.4, 0.5) is 0 Å². The van der Waals surface area contributed by atoms with E-state index in [1.165, 1.54) is 13.3 Å². The average molecular weight is 637 g/mol. The first-order chi connectivity index (χ1) is 18.6. The minimum Gasteiger partial charge on any atom is -0.497 e. The number of carbonyl (C=O) groups is 2. The lowest BCUT2D eigenvalue weighted by Crippen LogP contribution is -2.48. The number of benzene rings is 3. The fraction of sp³-hybridized carbons (Fsp3) is 0.250. The highest BCUT2D eigenvalue weighted by Gasteiger charge is 2.24. The quantitative estimate of drug-likeness (QED) is 0.191. The van der Waals surface area contributed by atoms with Crippen LogP contribution in [0.25, 0.3) is 0 Å². The van der Waals surface area contributed by atoms with Gasteiger partial charge in [0.15, 0.2) is 11.5 Å². The number of ether oxygens (including phenoxy) is 3. The molecule has 0 aromatic heterocycles. The first-order valence-corrected chi connectivity index (χ1v) is 13.4. The standard InChI is InChI=1S/C28H28BrCl2N3O5/c1-16(2)25(33-27(35)18-6-9-21(37-3)10-7-18)28(36)34-32-14-17-11-22(29)26(24(12-17)38-4)39-15-19-5-8-20(30)13-23(19)31/h5-14,16,25H,15H2,1-4H3,(H,33,35)(H,34,36)/b32-14+. The highest BCUT2D eigenvalue weighted by Crippen LogP contribution is 2.37.